The summed E-state index contributed by atoms with van der Waals surface area (Å²) in [6, 6.07) is 10.8. The summed E-state index contributed by atoms with van der Waals surface area (Å²) in [5, 5.41) is 0. The van der Waals surface area contributed by atoms with Gasteiger partial charge >= 0.3 is 0 Å². The Labute approximate surface area is 116 Å². The number of rotatable bonds is 1. The van der Waals surface area contributed by atoms with Crippen LogP contribution in [0.3, 0.4) is 0 Å². The van der Waals surface area contributed by atoms with E-state index in [1.807, 2.05) is 0 Å². The van der Waals surface area contributed by atoms with Gasteiger partial charge in [-0.25, -0.2) is 0 Å². The second-order valence-electron chi connectivity index (χ2n) is 7.12. The van der Waals surface area contributed by atoms with Gasteiger partial charge in [-0.15, -0.1) is 9.36 Å². The van der Waals surface area contributed by atoms with E-state index < -0.39 is 0 Å². The van der Waals surface area contributed by atoms with Crippen LogP contribution in [0, 0.1) is 0 Å². The molecule has 1 aromatic carbocycles. The van der Waals surface area contributed by atoms with E-state index >= 15 is 0 Å². The van der Waals surface area contributed by atoms with Gasteiger partial charge in [0.05, 0.1) is 6.20 Å². The van der Waals surface area contributed by atoms with Crippen LogP contribution in [-0.4, -0.2) is 4.68 Å². The van der Waals surface area contributed by atoms with Gasteiger partial charge in [-0.05, 0) is 17.0 Å². The van der Waals surface area contributed by atoms with Crippen LogP contribution in [-0.2, 0) is 11.0 Å². The highest BCUT2D eigenvalue weighted by molar-refractivity contribution is 5.43. The van der Waals surface area contributed by atoms with Crippen molar-refractivity contribution in [3.8, 4) is 5.69 Å². The fourth-order valence-corrected chi connectivity index (χ4v) is 2.40. The molecular weight excluding hydrogens is 232 g/mol. The second kappa shape index (κ2) is 4.52. The Morgan fingerprint density at radius 1 is 0.895 bits per heavy atom. The fraction of sp³-hybridized carbons (Fsp3) is 0.471. The van der Waals surface area contributed by atoms with Gasteiger partial charge in [-0.3, -0.25) is 0 Å². The molecule has 1 aromatic heterocycles. The molecule has 0 radical (unpaired) electrons. The second-order valence-corrected chi connectivity index (χ2v) is 7.12. The van der Waals surface area contributed by atoms with E-state index in [0.29, 0.717) is 0 Å². The van der Waals surface area contributed by atoms with Gasteiger partial charge in [0.15, 0.2) is 11.7 Å². The molecule has 2 heteroatoms. The van der Waals surface area contributed by atoms with Crippen molar-refractivity contribution >= 4 is 0 Å². The van der Waals surface area contributed by atoms with Crippen molar-refractivity contribution in [1.29, 1.82) is 0 Å². The minimum Gasteiger partial charge on any atom is -0.128 e. The van der Waals surface area contributed by atoms with Crippen molar-refractivity contribution in [2.24, 2.45) is 0 Å². The van der Waals surface area contributed by atoms with Gasteiger partial charge in [0.25, 0.3) is 0 Å². The lowest BCUT2D eigenvalue weighted by atomic mass is 9.86. The van der Waals surface area contributed by atoms with E-state index in [1.165, 1.54) is 11.3 Å². The number of hydrogen-bond donors (Lipinski definition) is 0. The molecule has 2 rings (SSSR count). The average Bonchev–Trinajstić information content (AvgIpc) is 2.76. The van der Waals surface area contributed by atoms with Gasteiger partial charge in [0.1, 0.15) is 5.69 Å². The summed E-state index contributed by atoms with van der Waals surface area (Å²) in [6.45, 7) is 13.5. The lowest BCUT2D eigenvalue weighted by Crippen LogP contribution is -2.55. The van der Waals surface area contributed by atoms with E-state index in [-0.39, 0.29) is 11.0 Å². The van der Waals surface area contributed by atoms with Gasteiger partial charge < -0.3 is 0 Å². The molecule has 0 bridgehead atoms. The lowest BCUT2D eigenvalue weighted by Gasteiger charge is -2.23. The van der Waals surface area contributed by atoms with Crippen LogP contribution in [0.5, 0.6) is 0 Å². The van der Waals surface area contributed by atoms with Crippen LogP contribution in [0.2, 0.25) is 0 Å². The molecule has 0 aliphatic carbocycles. The first kappa shape index (κ1) is 13.9. The van der Waals surface area contributed by atoms with Crippen molar-refractivity contribution in [1.82, 2.24) is 4.68 Å². The van der Waals surface area contributed by atoms with Crippen molar-refractivity contribution in [3.63, 3.8) is 0 Å². The minimum atomic E-state index is 0.0640. The van der Waals surface area contributed by atoms with Crippen molar-refractivity contribution in [2.75, 3.05) is 0 Å². The largest absolute Gasteiger partial charge is 0.196 e. The molecule has 0 aliphatic rings. The number of nitrogens with zero attached hydrogens (tertiary/aromatic N) is 2. The topological polar surface area (TPSA) is 8.81 Å². The fourth-order valence-electron chi connectivity index (χ4n) is 2.40. The zero-order valence-corrected chi connectivity index (χ0v) is 12.9. The molecule has 0 N–H and O–H groups in total. The predicted molar refractivity (Wildman–Crippen MR) is 79.7 cm³/mol. The maximum absolute atomic E-state index is 2.28. The third-order valence-electron chi connectivity index (χ3n) is 3.33. The molecule has 1 heterocycles. The number of aromatic nitrogens is 2. The molecule has 2 aromatic rings. The molecule has 0 saturated heterocycles. The van der Waals surface area contributed by atoms with Gasteiger partial charge in [-0.1, -0.05) is 39.0 Å². The number of benzene rings is 1. The first-order valence-electron chi connectivity index (χ1n) is 6.91. The van der Waals surface area contributed by atoms with E-state index in [2.05, 4.69) is 93.6 Å². The zero-order valence-electron chi connectivity index (χ0n) is 12.9. The number of hydrogen-bond acceptors (Lipinski definition) is 0. The highest BCUT2D eigenvalue weighted by Gasteiger charge is 2.28. The molecule has 0 fully saturated rings. The van der Waals surface area contributed by atoms with E-state index in [9.17, 15) is 0 Å². The van der Waals surface area contributed by atoms with Crippen molar-refractivity contribution < 1.29 is 4.68 Å². The lowest BCUT2D eigenvalue weighted by molar-refractivity contribution is -0.817. The third-order valence-corrected chi connectivity index (χ3v) is 3.33. The highest BCUT2D eigenvalue weighted by atomic mass is 15.4. The van der Waals surface area contributed by atoms with Crippen LogP contribution in [0.15, 0.2) is 42.7 Å². The van der Waals surface area contributed by atoms with Crippen molar-refractivity contribution in [2.45, 2.75) is 52.5 Å². The van der Waals surface area contributed by atoms with E-state index in [4.69, 9.17) is 0 Å². The van der Waals surface area contributed by atoms with Crippen LogP contribution in [0.1, 0.15) is 47.1 Å². The molecule has 0 aliphatic heterocycles. The Hall–Kier alpha value is -1.57. The summed E-state index contributed by atoms with van der Waals surface area (Å²) in [6.07, 6.45) is 4.27. The van der Waals surface area contributed by atoms with Gasteiger partial charge in [-0.2, -0.15) is 0 Å². The van der Waals surface area contributed by atoms with Crippen LogP contribution >= 0.6 is 0 Å². The maximum Gasteiger partial charge on any atom is 0.196 e. The Morgan fingerprint density at radius 2 is 1.53 bits per heavy atom. The first-order valence-corrected chi connectivity index (χ1v) is 6.91. The molecule has 19 heavy (non-hydrogen) atoms. The smallest absolute Gasteiger partial charge is 0.128 e. The maximum atomic E-state index is 2.28. The van der Waals surface area contributed by atoms with Crippen molar-refractivity contribution in [3.05, 3.63) is 48.3 Å². The monoisotopic (exact) mass is 257 g/mol. The van der Waals surface area contributed by atoms with Crippen LogP contribution < -0.4 is 4.68 Å². The summed E-state index contributed by atoms with van der Waals surface area (Å²) in [4.78, 5) is 0. The summed E-state index contributed by atoms with van der Waals surface area (Å²) < 4.78 is 4.53. The molecule has 102 valence electrons. The van der Waals surface area contributed by atoms with Crippen LogP contribution in [0.4, 0.5) is 0 Å². The average molecular weight is 257 g/mol. The Kier molecular flexibility index (Phi) is 3.29. The molecule has 0 atom stereocenters. The highest BCUT2D eigenvalue weighted by Crippen LogP contribution is 2.27. The molecule has 0 unspecified atom stereocenters. The molecule has 0 saturated carbocycles. The Balaban J connectivity index is 2.65. The van der Waals surface area contributed by atoms with E-state index in [1.54, 1.807) is 0 Å². The third kappa shape index (κ3) is 2.73. The zero-order chi connectivity index (χ0) is 14.3. The summed E-state index contributed by atoms with van der Waals surface area (Å²) in [5.74, 6) is 0. The SMILES string of the molecule is CC(C)(C)c1ccccc1-n1ccc[n+]1C(C)(C)C. The molecule has 0 amide bonds. The Morgan fingerprint density at radius 3 is 2.11 bits per heavy atom. The van der Waals surface area contributed by atoms with Crippen LogP contribution in [0.25, 0.3) is 5.69 Å². The molecule has 0 spiro atoms. The molecular formula is C17H25N2+. The van der Waals surface area contributed by atoms with Gasteiger partial charge in [0, 0.05) is 26.8 Å². The van der Waals surface area contributed by atoms with Gasteiger partial charge in [0.2, 0.25) is 0 Å². The van der Waals surface area contributed by atoms with E-state index in [0.717, 1.165) is 0 Å². The molecule has 2 nitrogen and oxygen atoms in total. The standard InChI is InChI=1S/C17H25N2/c1-16(2,3)14-10-7-8-11-15(14)18-12-9-13-19(18)17(4,5)6/h7-13H,1-6H3/q+1. The first-order chi connectivity index (χ1) is 8.71. The predicted octanol–water partition coefficient (Wildman–Crippen LogP) is 3.82. The summed E-state index contributed by atoms with van der Waals surface area (Å²) in [7, 11) is 0. The summed E-state index contributed by atoms with van der Waals surface area (Å²) >= 11 is 0. The normalized spacial score (nSPS) is 12.7. The Bertz CT molecular complexity index is 565. The quantitative estimate of drug-likeness (QED) is 0.687. The summed E-state index contributed by atoms with van der Waals surface area (Å²) in [5.41, 5.74) is 2.82. The minimum absolute atomic E-state index is 0.0640. The number of para-hydroxylation sites is 1.